The van der Waals surface area contributed by atoms with Gasteiger partial charge in [0.15, 0.2) is 0 Å². The van der Waals surface area contributed by atoms with Crippen LogP contribution < -0.4 is 5.43 Å². The molecule has 0 saturated carbocycles. The van der Waals surface area contributed by atoms with Crippen molar-refractivity contribution in [1.82, 2.24) is 10.4 Å². The van der Waals surface area contributed by atoms with Gasteiger partial charge in [-0.1, -0.05) is 58.0 Å². The lowest BCUT2D eigenvalue weighted by atomic mass is 9.80. The van der Waals surface area contributed by atoms with E-state index in [4.69, 9.17) is 4.99 Å². The number of hydrogen-bond acceptors (Lipinski definition) is 3. The second kappa shape index (κ2) is 7.16. The summed E-state index contributed by atoms with van der Waals surface area (Å²) < 4.78 is 27.9. The molecule has 138 valence electrons. The quantitative estimate of drug-likeness (QED) is 0.856. The van der Waals surface area contributed by atoms with E-state index >= 15 is 0 Å². The van der Waals surface area contributed by atoms with Crippen LogP contribution in [0.4, 0.5) is 8.78 Å². The highest BCUT2D eigenvalue weighted by Crippen LogP contribution is 2.33. The Kier molecular flexibility index (Phi) is 5.10. The number of hydrogen-bond donors (Lipinski definition) is 1. The van der Waals surface area contributed by atoms with Crippen molar-refractivity contribution in [3.05, 3.63) is 71.3 Å². The van der Waals surface area contributed by atoms with Gasteiger partial charge in [-0.05, 0) is 35.1 Å². The van der Waals surface area contributed by atoms with Gasteiger partial charge in [-0.2, -0.15) is 5.01 Å². The Morgan fingerprint density at radius 1 is 1.12 bits per heavy atom. The van der Waals surface area contributed by atoms with Gasteiger partial charge in [-0.25, -0.2) is 13.8 Å². The average molecular weight is 357 g/mol. The number of amidine groups is 1. The molecular weight excluding hydrogens is 332 g/mol. The fourth-order valence-corrected chi connectivity index (χ4v) is 2.98. The van der Waals surface area contributed by atoms with E-state index in [9.17, 15) is 8.78 Å². The lowest BCUT2D eigenvalue weighted by Crippen LogP contribution is -2.45. The lowest BCUT2D eigenvalue weighted by molar-refractivity contribution is 0.0797. The highest BCUT2D eigenvalue weighted by atomic mass is 19.1. The summed E-state index contributed by atoms with van der Waals surface area (Å²) >= 11 is 0. The summed E-state index contributed by atoms with van der Waals surface area (Å²) in [5.74, 6) is -0.388. The van der Waals surface area contributed by atoms with E-state index in [0.717, 1.165) is 17.7 Å². The molecule has 0 saturated heterocycles. The van der Waals surface area contributed by atoms with Crippen molar-refractivity contribution in [2.24, 2.45) is 16.3 Å². The monoisotopic (exact) mass is 357 g/mol. The van der Waals surface area contributed by atoms with Crippen LogP contribution in [0.5, 0.6) is 0 Å². The molecule has 0 radical (unpaired) electrons. The van der Waals surface area contributed by atoms with Gasteiger partial charge < -0.3 is 5.43 Å². The number of rotatable bonds is 4. The Labute approximate surface area is 153 Å². The largest absolute Gasteiger partial charge is 0.300 e. The van der Waals surface area contributed by atoms with Gasteiger partial charge in [0.05, 0.1) is 5.56 Å². The van der Waals surface area contributed by atoms with Crippen LogP contribution >= 0.6 is 0 Å². The van der Waals surface area contributed by atoms with Crippen molar-refractivity contribution < 1.29 is 8.78 Å². The molecule has 0 amide bonds. The zero-order valence-corrected chi connectivity index (χ0v) is 15.6. The van der Waals surface area contributed by atoms with E-state index in [1.54, 1.807) is 0 Å². The van der Waals surface area contributed by atoms with Gasteiger partial charge in [-0.15, -0.1) is 0 Å². The summed E-state index contributed by atoms with van der Waals surface area (Å²) in [5, 5.41) is 2.00. The number of aliphatic imine (C=N–C) groups is 1. The Hall–Kier alpha value is -2.27. The molecule has 0 aromatic heterocycles. The third kappa shape index (κ3) is 3.93. The first-order chi connectivity index (χ1) is 12.3. The van der Waals surface area contributed by atoms with Gasteiger partial charge in [0, 0.05) is 6.54 Å². The fourth-order valence-electron chi connectivity index (χ4n) is 2.98. The van der Waals surface area contributed by atoms with E-state index in [0.29, 0.717) is 12.4 Å². The molecule has 0 fully saturated rings. The minimum Gasteiger partial charge on any atom is -0.300 e. The maximum atomic E-state index is 14.2. The standard InChI is InChI=1S/C21H25F2N3/c1-14(21(2,3)4)20-24-19(17-12-16(22)10-11-18(17)23)25-26(20)13-15-8-6-5-7-9-15/h5-12,14,20H,13H2,1-4H3,(H,24,25)/t14-,20?/m0/s1. The molecule has 3 rings (SSSR count). The molecule has 26 heavy (non-hydrogen) atoms. The molecule has 5 heteroatoms. The molecule has 3 nitrogen and oxygen atoms in total. The minimum atomic E-state index is -0.485. The summed E-state index contributed by atoms with van der Waals surface area (Å²) in [6.07, 6.45) is -0.173. The van der Waals surface area contributed by atoms with Crippen LogP contribution in [-0.2, 0) is 6.54 Å². The average Bonchev–Trinajstić information content (AvgIpc) is 2.99. The predicted molar refractivity (Wildman–Crippen MR) is 100 cm³/mol. The Morgan fingerprint density at radius 3 is 2.46 bits per heavy atom. The Bertz CT molecular complexity index is 797. The molecule has 0 spiro atoms. The zero-order valence-electron chi connectivity index (χ0n) is 15.6. The third-order valence-corrected chi connectivity index (χ3v) is 5.02. The third-order valence-electron chi connectivity index (χ3n) is 5.02. The summed E-state index contributed by atoms with van der Waals surface area (Å²) in [7, 11) is 0. The molecule has 1 unspecified atom stereocenters. The van der Waals surface area contributed by atoms with Gasteiger partial charge in [0.25, 0.3) is 0 Å². The summed E-state index contributed by atoms with van der Waals surface area (Å²) in [6, 6.07) is 13.5. The van der Waals surface area contributed by atoms with E-state index < -0.39 is 11.6 Å². The van der Waals surface area contributed by atoms with E-state index in [1.807, 2.05) is 35.3 Å². The molecule has 0 aliphatic carbocycles. The van der Waals surface area contributed by atoms with Gasteiger partial charge in [-0.3, -0.25) is 0 Å². The van der Waals surface area contributed by atoms with E-state index in [2.05, 4.69) is 33.1 Å². The zero-order chi connectivity index (χ0) is 18.9. The maximum Gasteiger partial charge on any atom is 0.147 e. The lowest BCUT2D eigenvalue weighted by Gasteiger charge is -2.35. The van der Waals surface area contributed by atoms with Crippen LogP contribution in [0.15, 0.2) is 53.5 Å². The van der Waals surface area contributed by atoms with Crippen LogP contribution in [0, 0.1) is 23.0 Å². The maximum absolute atomic E-state index is 14.2. The van der Waals surface area contributed by atoms with Gasteiger partial charge in [0.2, 0.25) is 0 Å². The fraction of sp³-hybridized carbons (Fsp3) is 0.381. The minimum absolute atomic E-state index is 0.0146. The molecular formula is C21H25F2N3. The van der Waals surface area contributed by atoms with Crippen molar-refractivity contribution >= 4 is 5.84 Å². The first-order valence-corrected chi connectivity index (χ1v) is 8.86. The van der Waals surface area contributed by atoms with Crippen molar-refractivity contribution in [2.75, 3.05) is 0 Å². The summed E-state index contributed by atoms with van der Waals surface area (Å²) in [6.45, 7) is 9.24. The molecule has 2 aromatic rings. The van der Waals surface area contributed by atoms with Crippen molar-refractivity contribution in [3.8, 4) is 0 Å². The number of nitrogens with zero attached hydrogens (tertiary/aromatic N) is 2. The SMILES string of the molecule is C[C@@H](C1N=C(c2cc(F)ccc2F)NN1Cc1ccccc1)C(C)(C)C. The molecule has 2 aromatic carbocycles. The number of hydrazine groups is 1. The highest BCUT2D eigenvalue weighted by Gasteiger charge is 2.37. The predicted octanol–water partition coefficient (Wildman–Crippen LogP) is 4.74. The molecule has 0 bridgehead atoms. The van der Waals surface area contributed by atoms with Crippen LogP contribution in [0.3, 0.4) is 0 Å². The van der Waals surface area contributed by atoms with Crippen LogP contribution in [0.25, 0.3) is 0 Å². The topological polar surface area (TPSA) is 27.6 Å². The van der Waals surface area contributed by atoms with Crippen molar-refractivity contribution in [3.63, 3.8) is 0 Å². The van der Waals surface area contributed by atoms with Gasteiger partial charge >= 0.3 is 0 Å². The Balaban J connectivity index is 1.94. The molecule has 1 aliphatic heterocycles. The van der Waals surface area contributed by atoms with Crippen LogP contribution in [0.1, 0.15) is 38.8 Å². The van der Waals surface area contributed by atoms with Crippen molar-refractivity contribution in [1.29, 1.82) is 0 Å². The first kappa shape index (κ1) is 18.5. The molecule has 1 N–H and O–H groups in total. The van der Waals surface area contributed by atoms with Crippen LogP contribution in [-0.4, -0.2) is 17.0 Å². The van der Waals surface area contributed by atoms with E-state index in [1.165, 1.54) is 6.07 Å². The second-order valence-corrected chi connectivity index (χ2v) is 7.90. The van der Waals surface area contributed by atoms with Crippen LogP contribution in [0.2, 0.25) is 0 Å². The molecule has 1 heterocycles. The number of benzene rings is 2. The van der Waals surface area contributed by atoms with Crippen molar-refractivity contribution in [2.45, 2.75) is 40.4 Å². The molecule has 1 aliphatic rings. The second-order valence-electron chi connectivity index (χ2n) is 7.90. The summed E-state index contributed by atoms with van der Waals surface area (Å²) in [5.41, 5.74) is 4.50. The van der Waals surface area contributed by atoms with E-state index in [-0.39, 0.29) is 23.1 Å². The first-order valence-electron chi connectivity index (χ1n) is 8.86. The highest BCUT2D eigenvalue weighted by molar-refractivity contribution is 5.99. The number of halogens is 2. The smallest absolute Gasteiger partial charge is 0.147 e. The normalized spacial score (nSPS) is 19.2. The molecule has 2 atom stereocenters. The summed E-state index contributed by atoms with van der Waals surface area (Å²) in [4.78, 5) is 4.73. The Morgan fingerprint density at radius 2 is 1.81 bits per heavy atom. The number of nitrogens with one attached hydrogen (secondary N) is 1. The van der Waals surface area contributed by atoms with Gasteiger partial charge in [0.1, 0.15) is 23.6 Å².